The first-order chi connectivity index (χ1) is 11.0. The van der Waals surface area contributed by atoms with Gasteiger partial charge in [0.2, 0.25) is 0 Å². The Labute approximate surface area is 130 Å². The number of benzene rings is 2. The highest BCUT2D eigenvalue weighted by Gasteiger charge is 2.09. The number of rotatable bonds is 4. The van der Waals surface area contributed by atoms with E-state index in [1.165, 1.54) is 18.2 Å². The third kappa shape index (κ3) is 4.12. The summed E-state index contributed by atoms with van der Waals surface area (Å²) in [6, 6.07) is 9.91. The molecule has 2 aromatic rings. The minimum absolute atomic E-state index is 0.0386. The maximum atomic E-state index is 13.6. The molecular weight excluding hydrogens is 305 g/mol. The van der Waals surface area contributed by atoms with Gasteiger partial charge in [-0.15, -0.1) is 0 Å². The number of allylic oxidation sites excluding steroid dienone is 1. The molecule has 6 heteroatoms. The third-order valence-electron chi connectivity index (χ3n) is 2.91. The van der Waals surface area contributed by atoms with Crippen molar-refractivity contribution in [3.8, 4) is 17.9 Å². The molecule has 0 fully saturated rings. The summed E-state index contributed by atoms with van der Waals surface area (Å²) in [5.41, 5.74) is 0.202. The molecule has 2 rings (SSSR count). The van der Waals surface area contributed by atoms with Gasteiger partial charge in [-0.05, 0) is 30.3 Å². The van der Waals surface area contributed by atoms with Crippen LogP contribution in [0.25, 0.3) is 6.08 Å². The molecule has 23 heavy (non-hydrogen) atoms. The van der Waals surface area contributed by atoms with Crippen molar-refractivity contribution >= 4 is 6.08 Å². The van der Waals surface area contributed by atoms with Crippen molar-refractivity contribution in [3.63, 3.8) is 0 Å². The molecule has 0 amide bonds. The predicted molar refractivity (Wildman–Crippen MR) is 76.3 cm³/mol. The molecule has 0 saturated heterocycles. The Hall–Kier alpha value is -3.25. The first kappa shape index (κ1) is 16.1. The smallest absolute Gasteiger partial charge is 0.132 e. The third-order valence-corrected chi connectivity index (χ3v) is 2.91. The number of hydrogen-bond donors (Lipinski definition) is 0. The van der Waals surface area contributed by atoms with Gasteiger partial charge in [-0.2, -0.15) is 10.5 Å². The van der Waals surface area contributed by atoms with Gasteiger partial charge in [0, 0.05) is 23.3 Å². The lowest BCUT2D eigenvalue weighted by atomic mass is 10.1. The van der Waals surface area contributed by atoms with Gasteiger partial charge in [0.25, 0.3) is 0 Å². The van der Waals surface area contributed by atoms with Crippen molar-refractivity contribution in [1.82, 2.24) is 0 Å². The molecule has 0 aliphatic heterocycles. The molecule has 0 radical (unpaired) electrons. The summed E-state index contributed by atoms with van der Waals surface area (Å²) in [5.74, 6) is -2.05. The molecule has 0 aliphatic carbocycles. The van der Waals surface area contributed by atoms with Gasteiger partial charge >= 0.3 is 0 Å². The topological polar surface area (TPSA) is 56.8 Å². The Morgan fingerprint density at radius 2 is 1.65 bits per heavy atom. The molecule has 0 aromatic heterocycles. The van der Waals surface area contributed by atoms with Gasteiger partial charge in [0.05, 0.1) is 0 Å². The Kier molecular flexibility index (Phi) is 5.01. The quantitative estimate of drug-likeness (QED) is 0.798. The summed E-state index contributed by atoms with van der Waals surface area (Å²) in [6.45, 7) is -0.259. The molecule has 0 atom stereocenters. The Morgan fingerprint density at radius 1 is 1.00 bits per heavy atom. The minimum atomic E-state index is -0.784. The average Bonchev–Trinajstić information content (AvgIpc) is 2.53. The molecule has 0 spiro atoms. The fraction of sp³-hybridized carbons (Fsp3) is 0.0588. The highest BCUT2D eigenvalue weighted by atomic mass is 19.1. The molecule has 114 valence electrons. The van der Waals surface area contributed by atoms with Crippen molar-refractivity contribution in [2.75, 3.05) is 0 Å². The van der Waals surface area contributed by atoms with E-state index in [0.717, 1.165) is 18.2 Å². The van der Waals surface area contributed by atoms with Crippen molar-refractivity contribution in [1.29, 1.82) is 10.5 Å². The zero-order valence-electron chi connectivity index (χ0n) is 11.7. The van der Waals surface area contributed by atoms with Crippen molar-refractivity contribution in [2.45, 2.75) is 6.61 Å². The van der Waals surface area contributed by atoms with Crippen LogP contribution in [0, 0.1) is 40.1 Å². The van der Waals surface area contributed by atoms with Crippen LogP contribution in [-0.2, 0) is 6.61 Å². The Bertz CT molecular complexity index is 832. The number of nitrogens with zero attached hydrogens (tertiary/aromatic N) is 2. The van der Waals surface area contributed by atoms with Gasteiger partial charge in [-0.3, -0.25) is 0 Å². The van der Waals surface area contributed by atoms with Gasteiger partial charge < -0.3 is 4.74 Å². The Morgan fingerprint density at radius 3 is 2.30 bits per heavy atom. The number of halogens is 3. The summed E-state index contributed by atoms with van der Waals surface area (Å²) in [6.07, 6.45) is 1.23. The molecule has 0 unspecified atom stereocenters. The monoisotopic (exact) mass is 314 g/mol. The zero-order valence-corrected chi connectivity index (χ0v) is 11.7. The largest absolute Gasteiger partial charge is 0.488 e. The number of nitriles is 2. The second-order valence-corrected chi connectivity index (χ2v) is 4.49. The van der Waals surface area contributed by atoms with E-state index in [0.29, 0.717) is 11.6 Å². The van der Waals surface area contributed by atoms with E-state index in [2.05, 4.69) is 0 Å². The van der Waals surface area contributed by atoms with Crippen LogP contribution < -0.4 is 4.74 Å². The van der Waals surface area contributed by atoms with Crippen molar-refractivity contribution in [2.24, 2.45) is 0 Å². The van der Waals surface area contributed by atoms with Crippen molar-refractivity contribution in [3.05, 3.63) is 70.5 Å². The summed E-state index contributed by atoms with van der Waals surface area (Å²) < 4.78 is 45.1. The standard InChI is InChI=1S/C17H9F3N2O/c18-14-4-2-13(16(20)6-14)10-23-17-7-15(19)3-1-12(17)5-11(8-21)9-22/h1-7H,10H2. The van der Waals surface area contributed by atoms with E-state index in [9.17, 15) is 13.2 Å². The van der Waals surface area contributed by atoms with E-state index < -0.39 is 17.5 Å². The van der Waals surface area contributed by atoms with Gasteiger partial charge in [-0.25, -0.2) is 13.2 Å². The SMILES string of the molecule is N#CC(C#N)=Cc1ccc(F)cc1OCc1ccc(F)cc1F. The van der Waals surface area contributed by atoms with E-state index in [1.54, 1.807) is 12.1 Å². The lowest BCUT2D eigenvalue weighted by Gasteiger charge is -2.10. The van der Waals surface area contributed by atoms with Gasteiger partial charge in [0.1, 0.15) is 47.5 Å². The molecule has 0 bridgehead atoms. The number of hydrogen-bond acceptors (Lipinski definition) is 3. The molecule has 0 aliphatic rings. The fourth-order valence-electron chi connectivity index (χ4n) is 1.79. The van der Waals surface area contributed by atoms with E-state index >= 15 is 0 Å². The lowest BCUT2D eigenvalue weighted by Crippen LogP contribution is -2.00. The van der Waals surface area contributed by atoms with Gasteiger partial charge in [-0.1, -0.05) is 0 Å². The zero-order chi connectivity index (χ0) is 16.8. The van der Waals surface area contributed by atoms with Crippen LogP contribution >= 0.6 is 0 Å². The summed E-state index contributed by atoms with van der Waals surface area (Å²) in [5, 5.41) is 17.5. The first-order valence-electron chi connectivity index (χ1n) is 6.41. The van der Waals surface area contributed by atoms with E-state index in [1.807, 2.05) is 0 Å². The maximum Gasteiger partial charge on any atom is 0.132 e. The fourth-order valence-corrected chi connectivity index (χ4v) is 1.79. The average molecular weight is 314 g/mol. The number of ether oxygens (including phenoxy) is 1. The van der Waals surface area contributed by atoms with Crippen LogP contribution in [0.4, 0.5) is 13.2 Å². The predicted octanol–water partition coefficient (Wildman–Crippen LogP) is 4.11. The second-order valence-electron chi connectivity index (χ2n) is 4.49. The van der Waals surface area contributed by atoms with Crippen LogP contribution in [0.15, 0.2) is 42.0 Å². The normalized spacial score (nSPS) is 9.61. The lowest BCUT2D eigenvalue weighted by molar-refractivity contribution is 0.297. The Balaban J connectivity index is 2.29. The van der Waals surface area contributed by atoms with Gasteiger partial charge in [0.15, 0.2) is 0 Å². The molecule has 3 nitrogen and oxygen atoms in total. The van der Waals surface area contributed by atoms with Crippen LogP contribution in [0.3, 0.4) is 0 Å². The first-order valence-corrected chi connectivity index (χ1v) is 6.41. The van der Waals surface area contributed by atoms with Crippen LogP contribution in [0.1, 0.15) is 11.1 Å². The van der Waals surface area contributed by atoms with E-state index in [4.69, 9.17) is 15.3 Å². The molecular formula is C17H9F3N2O. The van der Waals surface area contributed by atoms with Crippen LogP contribution in [0.5, 0.6) is 5.75 Å². The summed E-state index contributed by atoms with van der Waals surface area (Å²) in [7, 11) is 0. The summed E-state index contributed by atoms with van der Waals surface area (Å²) in [4.78, 5) is 0. The highest BCUT2D eigenvalue weighted by molar-refractivity contribution is 5.66. The molecule has 2 aromatic carbocycles. The highest BCUT2D eigenvalue weighted by Crippen LogP contribution is 2.24. The van der Waals surface area contributed by atoms with E-state index in [-0.39, 0.29) is 23.5 Å². The molecule has 0 N–H and O–H groups in total. The van der Waals surface area contributed by atoms with Crippen LogP contribution in [-0.4, -0.2) is 0 Å². The molecule has 0 heterocycles. The maximum absolute atomic E-state index is 13.6. The van der Waals surface area contributed by atoms with Crippen molar-refractivity contribution < 1.29 is 17.9 Å². The second kappa shape index (κ2) is 7.15. The minimum Gasteiger partial charge on any atom is -0.488 e. The van der Waals surface area contributed by atoms with Crippen LogP contribution in [0.2, 0.25) is 0 Å². The summed E-state index contributed by atoms with van der Waals surface area (Å²) >= 11 is 0. The molecule has 0 saturated carbocycles.